The minimum absolute atomic E-state index is 0.194. The molecule has 1 unspecified atom stereocenters. The normalized spacial score (nSPS) is 20.2. The molecule has 116 valence electrons. The van der Waals surface area contributed by atoms with Crippen molar-refractivity contribution in [3.05, 3.63) is 89.8 Å². The molecule has 3 aromatic rings. The maximum Gasteiger partial charge on any atom is 0.123 e. The van der Waals surface area contributed by atoms with Crippen molar-refractivity contribution < 1.29 is 4.39 Å². The lowest BCUT2D eigenvalue weighted by Crippen LogP contribution is -2.34. The van der Waals surface area contributed by atoms with Crippen molar-refractivity contribution >= 4 is 11.8 Å². The first kappa shape index (κ1) is 14.5. The average molecular weight is 324 g/mol. The van der Waals surface area contributed by atoms with Gasteiger partial charge in [-0.2, -0.15) is 0 Å². The molecule has 1 aromatic heterocycles. The van der Waals surface area contributed by atoms with Crippen LogP contribution in [-0.4, -0.2) is 15.3 Å². The van der Waals surface area contributed by atoms with Gasteiger partial charge in [-0.15, -0.1) is 11.8 Å². The smallest absolute Gasteiger partial charge is 0.123 e. The quantitative estimate of drug-likeness (QED) is 0.716. The van der Waals surface area contributed by atoms with Crippen LogP contribution in [0.3, 0.4) is 0 Å². The zero-order chi connectivity index (χ0) is 15.7. The highest BCUT2D eigenvalue weighted by Crippen LogP contribution is 2.48. The van der Waals surface area contributed by atoms with E-state index in [1.165, 1.54) is 11.1 Å². The molecule has 2 aromatic carbocycles. The van der Waals surface area contributed by atoms with E-state index < -0.39 is 0 Å². The summed E-state index contributed by atoms with van der Waals surface area (Å²) in [5, 5.41) is 0. The van der Waals surface area contributed by atoms with E-state index >= 15 is 0 Å². The molecule has 2 nitrogen and oxygen atoms in total. The Balaban J connectivity index is 1.90. The summed E-state index contributed by atoms with van der Waals surface area (Å²) in [7, 11) is 0. The van der Waals surface area contributed by atoms with Gasteiger partial charge < -0.3 is 4.57 Å². The minimum Gasteiger partial charge on any atom is -0.335 e. The fraction of sp³-hybridized carbons (Fsp3) is 0.211. The van der Waals surface area contributed by atoms with Gasteiger partial charge in [-0.3, -0.25) is 0 Å². The molecule has 1 atom stereocenters. The Bertz CT molecular complexity index is 799. The third kappa shape index (κ3) is 2.57. The van der Waals surface area contributed by atoms with Crippen molar-refractivity contribution in [2.45, 2.75) is 17.7 Å². The van der Waals surface area contributed by atoms with Crippen LogP contribution in [0.5, 0.6) is 0 Å². The van der Waals surface area contributed by atoms with Crippen LogP contribution < -0.4 is 0 Å². The molecule has 0 amide bonds. The van der Waals surface area contributed by atoms with Crippen LogP contribution >= 0.6 is 11.8 Å². The highest BCUT2D eigenvalue weighted by atomic mass is 32.2. The molecule has 0 saturated heterocycles. The van der Waals surface area contributed by atoms with Gasteiger partial charge in [-0.1, -0.05) is 36.4 Å². The highest BCUT2D eigenvalue weighted by molar-refractivity contribution is 8.00. The molecule has 0 saturated carbocycles. The van der Waals surface area contributed by atoms with Gasteiger partial charge in [0.05, 0.1) is 11.1 Å². The number of rotatable bonds is 3. The van der Waals surface area contributed by atoms with Gasteiger partial charge in [-0.25, -0.2) is 9.37 Å². The summed E-state index contributed by atoms with van der Waals surface area (Å²) >= 11 is 1.94. The third-order valence-electron chi connectivity index (χ3n) is 4.45. The molecule has 1 aliphatic heterocycles. The SMILES string of the molecule is Fc1ccc(C2(Cn3ccnc3)SCCc3ccccc32)cc1. The number of aromatic nitrogens is 2. The number of aryl methyl sites for hydroxylation is 1. The van der Waals surface area contributed by atoms with Gasteiger partial charge in [0.25, 0.3) is 0 Å². The van der Waals surface area contributed by atoms with Crippen LogP contribution in [0.25, 0.3) is 0 Å². The van der Waals surface area contributed by atoms with Crippen molar-refractivity contribution in [3.8, 4) is 0 Å². The molecule has 0 radical (unpaired) electrons. The van der Waals surface area contributed by atoms with E-state index in [1.54, 1.807) is 18.3 Å². The molecule has 1 aliphatic rings. The van der Waals surface area contributed by atoms with Crippen LogP contribution in [0, 0.1) is 5.82 Å². The van der Waals surface area contributed by atoms with Crippen LogP contribution in [0.1, 0.15) is 16.7 Å². The van der Waals surface area contributed by atoms with Crippen LogP contribution in [0.15, 0.2) is 67.3 Å². The summed E-state index contributed by atoms with van der Waals surface area (Å²) in [5.74, 6) is 0.865. The van der Waals surface area contributed by atoms with E-state index in [0.717, 1.165) is 24.3 Å². The summed E-state index contributed by atoms with van der Waals surface area (Å²) in [6.45, 7) is 0.792. The minimum atomic E-state index is -0.205. The molecule has 0 fully saturated rings. The van der Waals surface area contributed by atoms with Crippen molar-refractivity contribution in [2.75, 3.05) is 5.75 Å². The number of halogens is 1. The number of thioether (sulfide) groups is 1. The van der Waals surface area contributed by atoms with E-state index in [1.807, 2.05) is 36.4 Å². The van der Waals surface area contributed by atoms with Crippen molar-refractivity contribution in [2.24, 2.45) is 0 Å². The predicted molar refractivity (Wildman–Crippen MR) is 92.0 cm³/mol. The van der Waals surface area contributed by atoms with Gasteiger partial charge in [0.1, 0.15) is 5.82 Å². The summed E-state index contributed by atoms with van der Waals surface area (Å²) in [6.07, 6.45) is 6.72. The Morgan fingerprint density at radius 2 is 1.96 bits per heavy atom. The Kier molecular flexibility index (Phi) is 3.69. The second-order valence-electron chi connectivity index (χ2n) is 5.82. The molecule has 0 bridgehead atoms. The highest BCUT2D eigenvalue weighted by Gasteiger charge is 2.39. The van der Waals surface area contributed by atoms with Crippen molar-refractivity contribution in [1.82, 2.24) is 9.55 Å². The Hall–Kier alpha value is -2.07. The fourth-order valence-electron chi connectivity index (χ4n) is 3.36. The van der Waals surface area contributed by atoms with E-state index in [2.05, 4.69) is 33.8 Å². The summed E-state index contributed by atoms with van der Waals surface area (Å²) in [6, 6.07) is 15.6. The second kappa shape index (κ2) is 5.85. The second-order valence-corrected chi connectivity index (χ2v) is 7.22. The van der Waals surface area contributed by atoms with Gasteiger partial charge in [0, 0.05) is 18.9 Å². The predicted octanol–water partition coefficient (Wildman–Crippen LogP) is 4.26. The first-order chi connectivity index (χ1) is 11.3. The molecule has 4 rings (SSSR count). The first-order valence-corrected chi connectivity index (χ1v) is 8.71. The van der Waals surface area contributed by atoms with Gasteiger partial charge in [0.2, 0.25) is 0 Å². The maximum absolute atomic E-state index is 13.4. The summed E-state index contributed by atoms with van der Waals surface area (Å²) in [5.41, 5.74) is 3.86. The van der Waals surface area contributed by atoms with Gasteiger partial charge in [0.15, 0.2) is 0 Å². The average Bonchev–Trinajstić information content (AvgIpc) is 3.09. The molecule has 0 spiro atoms. The summed E-state index contributed by atoms with van der Waals surface area (Å²) in [4.78, 5) is 4.18. The zero-order valence-electron chi connectivity index (χ0n) is 12.7. The van der Waals surface area contributed by atoms with E-state index in [9.17, 15) is 4.39 Å². The Labute approximate surface area is 139 Å². The monoisotopic (exact) mass is 324 g/mol. The number of hydrogen-bond acceptors (Lipinski definition) is 2. The largest absolute Gasteiger partial charge is 0.335 e. The molecular weight excluding hydrogens is 307 g/mol. The first-order valence-electron chi connectivity index (χ1n) is 7.72. The molecular formula is C19H17FN2S. The van der Waals surface area contributed by atoms with E-state index in [-0.39, 0.29) is 10.6 Å². The van der Waals surface area contributed by atoms with Gasteiger partial charge in [-0.05, 0) is 41.0 Å². The number of fused-ring (bicyclic) bond motifs is 1. The fourth-order valence-corrected chi connectivity index (χ4v) is 4.93. The number of benzene rings is 2. The lowest BCUT2D eigenvalue weighted by molar-refractivity contribution is 0.568. The van der Waals surface area contributed by atoms with Crippen molar-refractivity contribution in [1.29, 1.82) is 0 Å². The molecule has 23 heavy (non-hydrogen) atoms. The maximum atomic E-state index is 13.4. The van der Waals surface area contributed by atoms with E-state index in [4.69, 9.17) is 0 Å². The molecule has 4 heteroatoms. The van der Waals surface area contributed by atoms with E-state index in [0.29, 0.717) is 0 Å². The number of hydrogen-bond donors (Lipinski definition) is 0. The van der Waals surface area contributed by atoms with Crippen LogP contribution in [0.2, 0.25) is 0 Å². The van der Waals surface area contributed by atoms with Gasteiger partial charge >= 0.3 is 0 Å². The number of nitrogens with zero attached hydrogens (tertiary/aromatic N) is 2. The zero-order valence-corrected chi connectivity index (χ0v) is 13.5. The molecule has 0 N–H and O–H groups in total. The summed E-state index contributed by atoms with van der Waals surface area (Å²) < 4.78 is 15.3. The lowest BCUT2D eigenvalue weighted by Gasteiger charge is -2.39. The molecule has 0 aliphatic carbocycles. The van der Waals surface area contributed by atoms with Crippen LogP contribution in [0.4, 0.5) is 4.39 Å². The Morgan fingerprint density at radius 3 is 2.74 bits per heavy atom. The van der Waals surface area contributed by atoms with Crippen molar-refractivity contribution in [3.63, 3.8) is 0 Å². The molecule has 2 heterocycles. The standard InChI is InChI=1S/C19H17FN2S/c20-17-7-5-16(6-8-17)19(13-22-11-10-21-14-22)18-4-2-1-3-15(18)9-12-23-19/h1-8,10-11,14H,9,12-13H2. The number of imidazole rings is 1. The lowest BCUT2D eigenvalue weighted by atomic mass is 9.85. The van der Waals surface area contributed by atoms with Crippen LogP contribution in [-0.2, 0) is 17.7 Å². The topological polar surface area (TPSA) is 17.8 Å². The third-order valence-corrected chi connectivity index (χ3v) is 5.93. The Morgan fingerprint density at radius 1 is 1.13 bits per heavy atom.